The molecule has 128 valence electrons. The Morgan fingerprint density at radius 2 is 2.08 bits per heavy atom. The highest BCUT2D eigenvalue weighted by Crippen LogP contribution is 2.27. The fourth-order valence-corrected chi connectivity index (χ4v) is 2.62. The molecule has 0 aliphatic rings. The Kier molecular flexibility index (Phi) is 5.20. The lowest BCUT2D eigenvalue weighted by molar-refractivity contribution is -0.114. The number of methoxy groups -OCH3 is 1. The standard InChI is InChI=1S/C18H17ClN4O2/c1-25-17-8-7-13(11-14(17)19)22-18(24)12-20-15-5-2-3-6-16(15)23-10-4-9-21-23/h2-11,20H,12H2,1H3,(H,22,24). The Morgan fingerprint density at radius 3 is 2.80 bits per heavy atom. The van der Waals surface area contributed by atoms with E-state index in [4.69, 9.17) is 16.3 Å². The van der Waals surface area contributed by atoms with Gasteiger partial charge in [-0.15, -0.1) is 0 Å². The SMILES string of the molecule is COc1ccc(NC(=O)CNc2ccccc2-n2cccn2)cc1Cl. The summed E-state index contributed by atoms with van der Waals surface area (Å²) >= 11 is 6.06. The van der Waals surface area contributed by atoms with Crippen molar-refractivity contribution in [2.75, 3.05) is 24.3 Å². The van der Waals surface area contributed by atoms with E-state index in [1.54, 1.807) is 36.2 Å². The summed E-state index contributed by atoms with van der Waals surface area (Å²) in [5, 5.41) is 10.6. The van der Waals surface area contributed by atoms with Crippen LogP contribution in [0, 0.1) is 0 Å². The maximum Gasteiger partial charge on any atom is 0.243 e. The van der Waals surface area contributed by atoms with E-state index in [1.807, 2.05) is 36.5 Å². The highest BCUT2D eigenvalue weighted by atomic mass is 35.5. The summed E-state index contributed by atoms with van der Waals surface area (Å²) in [6.45, 7) is 0.113. The summed E-state index contributed by atoms with van der Waals surface area (Å²) in [4.78, 5) is 12.2. The summed E-state index contributed by atoms with van der Waals surface area (Å²) in [7, 11) is 1.54. The molecule has 3 rings (SSSR count). The van der Waals surface area contributed by atoms with E-state index < -0.39 is 0 Å². The molecule has 2 aromatic carbocycles. The molecular weight excluding hydrogens is 340 g/mol. The number of para-hydroxylation sites is 2. The number of ether oxygens (including phenoxy) is 1. The Balaban J connectivity index is 1.64. The first-order valence-electron chi connectivity index (χ1n) is 7.63. The van der Waals surface area contributed by atoms with E-state index in [-0.39, 0.29) is 12.5 Å². The van der Waals surface area contributed by atoms with Gasteiger partial charge in [-0.3, -0.25) is 4.79 Å². The molecule has 6 nitrogen and oxygen atoms in total. The van der Waals surface area contributed by atoms with E-state index >= 15 is 0 Å². The molecule has 0 bridgehead atoms. The topological polar surface area (TPSA) is 68.2 Å². The molecule has 0 saturated heterocycles. The van der Waals surface area contributed by atoms with Crippen LogP contribution in [0.25, 0.3) is 5.69 Å². The fraction of sp³-hybridized carbons (Fsp3) is 0.111. The third-order valence-electron chi connectivity index (χ3n) is 3.53. The van der Waals surface area contributed by atoms with Crippen LogP contribution in [0.4, 0.5) is 11.4 Å². The number of hydrogen-bond donors (Lipinski definition) is 2. The monoisotopic (exact) mass is 356 g/mol. The van der Waals surface area contributed by atoms with Crippen LogP contribution in [0.2, 0.25) is 5.02 Å². The zero-order chi connectivity index (χ0) is 17.6. The fourth-order valence-electron chi connectivity index (χ4n) is 2.36. The van der Waals surface area contributed by atoms with Gasteiger partial charge in [-0.1, -0.05) is 23.7 Å². The van der Waals surface area contributed by atoms with Gasteiger partial charge in [0.1, 0.15) is 5.75 Å². The maximum atomic E-state index is 12.2. The molecule has 0 atom stereocenters. The van der Waals surface area contributed by atoms with Gasteiger partial charge in [-0.05, 0) is 36.4 Å². The number of halogens is 1. The van der Waals surface area contributed by atoms with E-state index in [9.17, 15) is 4.79 Å². The molecule has 3 aromatic rings. The van der Waals surface area contributed by atoms with Gasteiger partial charge in [0.15, 0.2) is 0 Å². The van der Waals surface area contributed by atoms with Crippen molar-refractivity contribution in [1.29, 1.82) is 0 Å². The highest BCUT2D eigenvalue weighted by molar-refractivity contribution is 6.32. The van der Waals surface area contributed by atoms with Crippen LogP contribution in [0.3, 0.4) is 0 Å². The van der Waals surface area contributed by atoms with Crippen LogP contribution in [0.1, 0.15) is 0 Å². The quantitative estimate of drug-likeness (QED) is 0.708. The minimum absolute atomic E-state index is 0.113. The Morgan fingerprint density at radius 1 is 1.24 bits per heavy atom. The van der Waals surface area contributed by atoms with Crippen molar-refractivity contribution in [1.82, 2.24) is 9.78 Å². The van der Waals surface area contributed by atoms with Crippen LogP contribution in [0.15, 0.2) is 60.9 Å². The number of aromatic nitrogens is 2. The first-order valence-corrected chi connectivity index (χ1v) is 8.01. The zero-order valence-corrected chi connectivity index (χ0v) is 14.3. The molecule has 25 heavy (non-hydrogen) atoms. The number of amides is 1. The van der Waals surface area contributed by atoms with Crippen molar-refractivity contribution in [2.45, 2.75) is 0 Å². The lowest BCUT2D eigenvalue weighted by Crippen LogP contribution is -2.22. The summed E-state index contributed by atoms with van der Waals surface area (Å²) in [5.41, 5.74) is 2.29. The summed E-state index contributed by atoms with van der Waals surface area (Å²) in [5.74, 6) is 0.377. The van der Waals surface area contributed by atoms with Gasteiger partial charge in [-0.25, -0.2) is 4.68 Å². The number of nitrogens with one attached hydrogen (secondary N) is 2. The van der Waals surface area contributed by atoms with E-state index in [0.29, 0.717) is 16.5 Å². The van der Waals surface area contributed by atoms with Crippen LogP contribution >= 0.6 is 11.6 Å². The predicted molar refractivity (Wildman–Crippen MR) is 98.7 cm³/mol. The molecule has 1 aromatic heterocycles. The third-order valence-corrected chi connectivity index (χ3v) is 3.83. The summed E-state index contributed by atoms with van der Waals surface area (Å²) in [6, 6.07) is 14.6. The van der Waals surface area contributed by atoms with Crippen LogP contribution in [-0.4, -0.2) is 29.3 Å². The summed E-state index contributed by atoms with van der Waals surface area (Å²) < 4.78 is 6.83. The van der Waals surface area contributed by atoms with Gasteiger partial charge < -0.3 is 15.4 Å². The number of carbonyl (C=O) groups excluding carboxylic acids is 1. The van der Waals surface area contributed by atoms with Gasteiger partial charge in [0.2, 0.25) is 5.91 Å². The molecule has 0 unspecified atom stereocenters. The Bertz CT molecular complexity index is 865. The molecule has 7 heteroatoms. The second-order valence-electron chi connectivity index (χ2n) is 5.22. The highest BCUT2D eigenvalue weighted by Gasteiger charge is 2.08. The average molecular weight is 357 g/mol. The lowest BCUT2D eigenvalue weighted by Gasteiger charge is -2.12. The normalized spacial score (nSPS) is 10.3. The van der Waals surface area contributed by atoms with Crippen LogP contribution < -0.4 is 15.4 Å². The predicted octanol–water partition coefficient (Wildman–Crippen LogP) is 3.58. The van der Waals surface area contributed by atoms with Gasteiger partial charge >= 0.3 is 0 Å². The largest absolute Gasteiger partial charge is 0.495 e. The number of rotatable bonds is 6. The molecule has 1 amide bonds. The first kappa shape index (κ1) is 16.9. The smallest absolute Gasteiger partial charge is 0.243 e. The second-order valence-corrected chi connectivity index (χ2v) is 5.63. The summed E-state index contributed by atoms with van der Waals surface area (Å²) in [6.07, 6.45) is 3.55. The molecular formula is C18H17ClN4O2. The van der Waals surface area contributed by atoms with Crippen molar-refractivity contribution in [3.8, 4) is 11.4 Å². The molecule has 2 N–H and O–H groups in total. The van der Waals surface area contributed by atoms with Crippen LogP contribution in [-0.2, 0) is 4.79 Å². The Hall–Kier alpha value is -2.99. The third kappa shape index (κ3) is 4.10. The Labute approximate surface area is 150 Å². The van der Waals surface area contributed by atoms with Crippen molar-refractivity contribution in [3.05, 3.63) is 65.9 Å². The molecule has 0 aliphatic carbocycles. The first-order chi connectivity index (χ1) is 12.2. The number of anilines is 2. The van der Waals surface area contributed by atoms with Gasteiger partial charge in [-0.2, -0.15) is 5.10 Å². The van der Waals surface area contributed by atoms with Crippen molar-refractivity contribution < 1.29 is 9.53 Å². The van der Waals surface area contributed by atoms with Gasteiger partial charge in [0, 0.05) is 18.1 Å². The zero-order valence-electron chi connectivity index (χ0n) is 13.6. The lowest BCUT2D eigenvalue weighted by atomic mass is 10.2. The van der Waals surface area contributed by atoms with E-state index in [0.717, 1.165) is 11.4 Å². The molecule has 0 saturated carbocycles. The van der Waals surface area contributed by atoms with E-state index in [2.05, 4.69) is 15.7 Å². The average Bonchev–Trinajstić information content (AvgIpc) is 3.15. The minimum atomic E-state index is -0.184. The molecule has 0 aliphatic heterocycles. The van der Waals surface area contributed by atoms with Crippen molar-refractivity contribution in [2.24, 2.45) is 0 Å². The van der Waals surface area contributed by atoms with Crippen molar-refractivity contribution in [3.63, 3.8) is 0 Å². The minimum Gasteiger partial charge on any atom is -0.495 e. The van der Waals surface area contributed by atoms with Gasteiger partial charge in [0.05, 0.1) is 30.1 Å². The maximum absolute atomic E-state index is 12.2. The second kappa shape index (κ2) is 7.72. The molecule has 0 radical (unpaired) electrons. The number of benzene rings is 2. The van der Waals surface area contributed by atoms with E-state index in [1.165, 1.54) is 0 Å². The number of nitrogens with zero attached hydrogens (tertiary/aromatic N) is 2. The van der Waals surface area contributed by atoms with Crippen LogP contribution in [0.5, 0.6) is 5.75 Å². The molecule has 1 heterocycles. The molecule has 0 spiro atoms. The van der Waals surface area contributed by atoms with Gasteiger partial charge in [0.25, 0.3) is 0 Å². The van der Waals surface area contributed by atoms with Crippen molar-refractivity contribution >= 4 is 28.9 Å². The number of hydrogen-bond acceptors (Lipinski definition) is 4. The number of carbonyl (C=O) groups is 1. The molecule has 0 fully saturated rings.